The molecule has 3 heteroatoms. The Morgan fingerprint density at radius 2 is 2.21 bits per heavy atom. The van der Waals surface area contributed by atoms with E-state index in [0.29, 0.717) is 17.4 Å². The molecule has 3 unspecified atom stereocenters. The summed E-state index contributed by atoms with van der Waals surface area (Å²) in [6.07, 6.45) is 6.00. The number of anilines is 1. The molecular formula is C16H20ClNO. The number of nitrogens with one attached hydrogen (secondary N) is 1. The average molecular weight is 278 g/mol. The number of hydrogen-bond donors (Lipinski definition) is 1. The first-order valence-electron chi connectivity index (χ1n) is 7.18. The topological polar surface area (TPSA) is 29.1 Å². The molecule has 2 saturated carbocycles. The Balaban J connectivity index is 1.61. The van der Waals surface area contributed by atoms with Crippen LogP contribution in [0.4, 0.5) is 5.69 Å². The van der Waals surface area contributed by atoms with E-state index in [2.05, 4.69) is 5.32 Å². The number of carbonyl (C=O) groups is 1. The van der Waals surface area contributed by atoms with Crippen LogP contribution < -0.4 is 5.32 Å². The Morgan fingerprint density at radius 3 is 2.89 bits per heavy atom. The highest BCUT2D eigenvalue weighted by Crippen LogP contribution is 2.49. The van der Waals surface area contributed by atoms with E-state index in [0.717, 1.165) is 23.1 Å². The summed E-state index contributed by atoms with van der Waals surface area (Å²) in [7, 11) is 0. The molecule has 3 rings (SSSR count). The third-order valence-electron chi connectivity index (χ3n) is 4.87. The van der Waals surface area contributed by atoms with E-state index >= 15 is 0 Å². The van der Waals surface area contributed by atoms with Crippen LogP contribution in [0, 0.1) is 24.7 Å². The highest BCUT2D eigenvalue weighted by atomic mass is 35.5. The van der Waals surface area contributed by atoms with Crippen LogP contribution >= 0.6 is 11.6 Å². The molecule has 0 radical (unpaired) electrons. The van der Waals surface area contributed by atoms with E-state index < -0.39 is 0 Å². The molecule has 0 saturated heterocycles. The van der Waals surface area contributed by atoms with Gasteiger partial charge in [-0.3, -0.25) is 4.79 Å². The van der Waals surface area contributed by atoms with Crippen molar-refractivity contribution in [2.24, 2.45) is 17.8 Å². The Kier molecular flexibility index (Phi) is 3.53. The first-order chi connectivity index (χ1) is 9.13. The minimum absolute atomic E-state index is 0.142. The van der Waals surface area contributed by atoms with Gasteiger partial charge in [-0.1, -0.05) is 24.1 Å². The summed E-state index contributed by atoms with van der Waals surface area (Å²) in [6.45, 7) is 1.94. The van der Waals surface area contributed by atoms with Crippen molar-refractivity contribution >= 4 is 23.2 Å². The van der Waals surface area contributed by atoms with Crippen molar-refractivity contribution in [3.05, 3.63) is 28.8 Å². The Hall–Kier alpha value is -1.02. The minimum Gasteiger partial charge on any atom is -0.326 e. The fourth-order valence-electron chi connectivity index (χ4n) is 3.81. The van der Waals surface area contributed by atoms with Crippen molar-refractivity contribution in [2.75, 3.05) is 5.32 Å². The summed E-state index contributed by atoms with van der Waals surface area (Å²) < 4.78 is 0. The van der Waals surface area contributed by atoms with Crippen LogP contribution in [0.3, 0.4) is 0 Å². The molecule has 1 aromatic rings. The zero-order chi connectivity index (χ0) is 13.4. The van der Waals surface area contributed by atoms with Crippen molar-refractivity contribution in [2.45, 2.75) is 39.0 Å². The maximum Gasteiger partial charge on any atom is 0.224 e. The predicted octanol–water partition coefficient (Wildman–Crippen LogP) is 4.41. The summed E-state index contributed by atoms with van der Waals surface area (Å²) in [5.41, 5.74) is 1.80. The molecule has 2 nitrogen and oxygen atoms in total. The molecule has 3 atom stereocenters. The van der Waals surface area contributed by atoms with Crippen LogP contribution in [0.15, 0.2) is 18.2 Å². The molecule has 0 heterocycles. The van der Waals surface area contributed by atoms with Crippen LogP contribution in [0.1, 0.15) is 37.7 Å². The summed E-state index contributed by atoms with van der Waals surface area (Å²) in [4.78, 5) is 12.2. The second kappa shape index (κ2) is 5.16. The van der Waals surface area contributed by atoms with E-state index in [1.54, 1.807) is 0 Å². The quantitative estimate of drug-likeness (QED) is 0.871. The molecule has 0 spiro atoms. The van der Waals surface area contributed by atoms with Crippen LogP contribution in [-0.2, 0) is 4.79 Å². The number of halogens is 1. The standard InChI is InChI=1S/C16H20ClNO/c1-10-14(17)3-2-4-15(10)18-16(19)9-13-8-11-5-6-12(13)7-11/h2-4,11-13H,5-9H2,1H3,(H,18,19). The smallest absolute Gasteiger partial charge is 0.224 e. The molecule has 1 aromatic carbocycles. The summed E-state index contributed by atoms with van der Waals surface area (Å²) in [5.74, 6) is 2.45. The van der Waals surface area contributed by atoms with Gasteiger partial charge in [-0.15, -0.1) is 0 Å². The van der Waals surface area contributed by atoms with Crippen LogP contribution in [-0.4, -0.2) is 5.91 Å². The van der Waals surface area contributed by atoms with Gasteiger partial charge in [0.2, 0.25) is 5.91 Å². The molecule has 2 bridgehead atoms. The fraction of sp³-hybridized carbons (Fsp3) is 0.562. The van der Waals surface area contributed by atoms with Crippen LogP contribution in [0.5, 0.6) is 0 Å². The van der Waals surface area contributed by atoms with Crippen molar-refractivity contribution < 1.29 is 4.79 Å². The van der Waals surface area contributed by atoms with E-state index in [-0.39, 0.29) is 5.91 Å². The summed E-state index contributed by atoms with van der Waals surface area (Å²) in [6, 6.07) is 5.64. The number of hydrogen-bond acceptors (Lipinski definition) is 1. The zero-order valence-electron chi connectivity index (χ0n) is 11.3. The fourth-order valence-corrected chi connectivity index (χ4v) is 3.98. The lowest BCUT2D eigenvalue weighted by Crippen LogP contribution is -2.20. The molecule has 2 aliphatic carbocycles. The lowest BCUT2D eigenvalue weighted by atomic mass is 9.86. The largest absolute Gasteiger partial charge is 0.326 e. The monoisotopic (exact) mass is 277 g/mol. The van der Waals surface area contributed by atoms with E-state index in [1.165, 1.54) is 25.7 Å². The van der Waals surface area contributed by atoms with Gasteiger partial charge < -0.3 is 5.32 Å². The molecule has 1 N–H and O–H groups in total. The predicted molar refractivity (Wildman–Crippen MR) is 78.4 cm³/mol. The van der Waals surface area contributed by atoms with Gasteiger partial charge in [0.25, 0.3) is 0 Å². The molecule has 2 fully saturated rings. The van der Waals surface area contributed by atoms with E-state index in [4.69, 9.17) is 11.6 Å². The lowest BCUT2D eigenvalue weighted by molar-refractivity contribution is -0.117. The van der Waals surface area contributed by atoms with Crippen molar-refractivity contribution in [3.8, 4) is 0 Å². The third kappa shape index (κ3) is 2.64. The number of rotatable bonds is 3. The third-order valence-corrected chi connectivity index (χ3v) is 5.28. The molecule has 2 aliphatic rings. The molecule has 102 valence electrons. The molecule has 0 aromatic heterocycles. The normalized spacial score (nSPS) is 28.6. The van der Waals surface area contributed by atoms with Crippen molar-refractivity contribution in [3.63, 3.8) is 0 Å². The molecular weight excluding hydrogens is 258 g/mol. The molecule has 0 aliphatic heterocycles. The second-order valence-corrected chi connectivity index (χ2v) is 6.51. The number of fused-ring (bicyclic) bond motifs is 2. The van der Waals surface area contributed by atoms with Crippen LogP contribution in [0.2, 0.25) is 5.02 Å². The SMILES string of the molecule is Cc1c(Cl)cccc1NC(=O)CC1CC2CCC1C2. The first kappa shape index (κ1) is 13.0. The maximum atomic E-state index is 12.2. The number of benzene rings is 1. The average Bonchev–Trinajstić information content (AvgIpc) is 2.97. The number of amides is 1. The van der Waals surface area contributed by atoms with E-state index in [9.17, 15) is 4.79 Å². The van der Waals surface area contributed by atoms with Gasteiger partial charge in [0.05, 0.1) is 0 Å². The number of carbonyl (C=O) groups excluding carboxylic acids is 1. The van der Waals surface area contributed by atoms with Gasteiger partial charge >= 0.3 is 0 Å². The first-order valence-corrected chi connectivity index (χ1v) is 7.56. The Bertz CT molecular complexity index is 500. The van der Waals surface area contributed by atoms with E-state index in [1.807, 2.05) is 25.1 Å². The van der Waals surface area contributed by atoms with Crippen LogP contribution in [0.25, 0.3) is 0 Å². The lowest BCUT2D eigenvalue weighted by Gasteiger charge is -2.21. The molecule has 1 amide bonds. The highest BCUT2D eigenvalue weighted by Gasteiger charge is 2.40. The van der Waals surface area contributed by atoms with Gasteiger partial charge in [-0.2, -0.15) is 0 Å². The van der Waals surface area contributed by atoms with Gasteiger partial charge in [-0.25, -0.2) is 0 Å². The van der Waals surface area contributed by atoms with Crippen molar-refractivity contribution in [1.29, 1.82) is 0 Å². The summed E-state index contributed by atoms with van der Waals surface area (Å²) in [5, 5.41) is 3.72. The van der Waals surface area contributed by atoms with Gasteiger partial charge in [0, 0.05) is 17.1 Å². The Morgan fingerprint density at radius 1 is 1.37 bits per heavy atom. The van der Waals surface area contributed by atoms with Gasteiger partial charge in [-0.05, 0) is 61.6 Å². The minimum atomic E-state index is 0.142. The highest BCUT2D eigenvalue weighted by molar-refractivity contribution is 6.31. The van der Waals surface area contributed by atoms with Crippen molar-refractivity contribution in [1.82, 2.24) is 0 Å². The second-order valence-electron chi connectivity index (χ2n) is 6.10. The maximum absolute atomic E-state index is 12.2. The molecule has 19 heavy (non-hydrogen) atoms. The zero-order valence-corrected chi connectivity index (χ0v) is 12.0. The summed E-state index contributed by atoms with van der Waals surface area (Å²) >= 11 is 6.07. The Labute approximate surface area is 119 Å². The van der Waals surface area contributed by atoms with Gasteiger partial charge in [0.1, 0.15) is 0 Å². The van der Waals surface area contributed by atoms with Gasteiger partial charge in [0.15, 0.2) is 0 Å².